The van der Waals surface area contributed by atoms with Crippen LogP contribution >= 0.6 is 11.6 Å². The number of carbonyl (C=O) groups is 1. The molecular weight excluding hydrogens is 286 g/mol. The molecule has 0 unspecified atom stereocenters. The zero-order valence-corrected chi connectivity index (χ0v) is 13.3. The van der Waals surface area contributed by atoms with E-state index in [-0.39, 0.29) is 5.91 Å². The van der Waals surface area contributed by atoms with E-state index in [0.29, 0.717) is 22.8 Å². The van der Waals surface area contributed by atoms with Gasteiger partial charge in [-0.25, -0.2) is 0 Å². The van der Waals surface area contributed by atoms with Gasteiger partial charge >= 0.3 is 0 Å². The Morgan fingerprint density at radius 2 is 2.24 bits per heavy atom. The molecule has 3 N–H and O–H groups in total. The predicted molar refractivity (Wildman–Crippen MR) is 88.6 cm³/mol. The fourth-order valence-corrected chi connectivity index (χ4v) is 2.53. The van der Waals surface area contributed by atoms with Crippen molar-refractivity contribution in [2.45, 2.75) is 32.6 Å². The fraction of sp³-hybridized carbons (Fsp3) is 0.562. The molecule has 0 atom stereocenters. The Kier molecular flexibility index (Phi) is 5.88. The molecule has 1 aromatic rings. The van der Waals surface area contributed by atoms with Gasteiger partial charge in [0.1, 0.15) is 0 Å². The Bertz CT molecular complexity index is 488. The number of rotatable bonds is 8. The molecule has 0 saturated heterocycles. The van der Waals surface area contributed by atoms with E-state index in [1.165, 1.54) is 19.4 Å². The maximum Gasteiger partial charge on any atom is 0.224 e. The maximum absolute atomic E-state index is 12.0. The zero-order valence-electron chi connectivity index (χ0n) is 12.6. The predicted octanol–water partition coefficient (Wildman–Crippen LogP) is 3.37. The van der Waals surface area contributed by atoms with Crippen molar-refractivity contribution in [3.8, 4) is 0 Å². The van der Waals surface area contributed by atoms with E-state index in [1.54, 1.807) is 18.2 Å². The third-order valence-corrected chi connectivity index (χ3v) is 4.06. The lowest BCUT2D eigenvalue weighted by molar-refractivity contribution is -0.116. The monoisotopic (exact) mass is 309 g/mol. The molecule has 0 aromatic heterocycles. The number of hydrogen-bond acceptors (Lipinski definition) is 3. The minimum atomic E-state index is -0.00792. The number of hydrogen-bond donors (Lipinski definition) is 2. The van der Waals surface area contributed by atoms with Crippen LogP contribution in [0.2, 0.25) is 5.02 Å². The largest absolute Gasteiger partial charge is 0.397 e. The number of halogens is 1. The first kappa shape index (κ1) is 16.1. The van der Waals surface area contributed by atoms with Gasteiger partial charge in [-0.2, -0.15) is 0 Å². The number of nitrogens with zero attached hydrogens (tertiary/aromatic N) is 1. The van der Waals surface area contributed by atoms with Crippen molar-refractivity contribution < 1.29 is 4.79 Å². The van der Waals surface area contributed by atoms with E-state index in [2.05, 4.69) is 17.1 Å². The van der Waals surface area contributed by atoms with Gasteiger partial charge in [0.2, 0.25) is 5.91 Å². The molecule has 1 amide bonds. The molecule has 116 valence electrons. The van der Waals surface area contributed by atoms with E-state index >= 15 is 0 Å². The average Bonchev–Trinajstić information content (AvgIpc) is 3.25. The highest BCUT2D eigenvalue weighted by Crippen LogP contribution is 2.29. The minimum Gasteiger partial charge on any atom is -0.397 e. The van der Waals surface area contributed by atoms with Gasteiger partial charge in [-0.3, -0.25) is 4.79 Å². The second-order valence-corrected chi connectivity index (χ2v) is 6.16. The van der Waals surface area contributed by atoms with E-state index in [9.17, 15) is 4.79 Å². The van der Waals surface area contributed by atoms with Gasteiger partial charge in [0.15, 0.2) is 0 Å². The molecule has 0 radical (unpaired) electrons. The van der Waals surface area contributed by atoms with Crippen LogP contribution < -0.4 is 11.1 Å². The molecular formula is C16H24ClN3O. The number of amides is 1. The van der Waals surface area contributed by atoms with Gasteiger partial charge in [-0.05, 0) is 56.5 Å². The van der Waals surface area contributed by atoms with E-state index in [0.717, 1.165) is 25.4 Å². The zero-order chi connectivity index (χ0) is 15.2. The molecule has 1 aliphatic carbocycles. The molecule has 2 rings (SSSR count). The summed E-state index contributed by atoms with van der Waals surface area (Å²) in [5.74, 6) is 0.886. The Labute approximate surface area is 131 Å². The quantitative estimate of drug-likeness (QED) is 0.724. The third-order valence-electron chi connectivity index (χ3n) is 3.83. The van der Waals surface area contributed by atoms with Crippen LogP contribution in [0.4, 0.5) is 11.4 Å². The topological polar surface area (TPSA) is 58.4 Å². The van der Waals surface area contributed by atoms with Crippen LogP contribution in [0.1, 0.15) is 32.6 Å². The molecule has 0 spiro atoms. The molecule has 5 heteroatoms. The molecule has 4 nitrogen and oxygen atoms in total. The van der Waals surface area contributed by atoms with Crippen molar-refractivity contribution in [1.82, 2.24) is 4.90 Å². The first-order valence-corrected chi connectivity index (χ1v) is 8.03. The van der Waals surface area contributed by atoms with E-state index in [4.69, 9.17) is 17.3 Å². The van der Waals surface area contributed by atoms with Crippen LogP contribution in [0.25, 0.3) is 0 Å². The van der Waals surface area contributed by atoms with Crippen LogP contribution in [0.5, 0.6) is 0 Å². The molecule has 1 fully saturated rings. The Balaban J connectivity index is 1.72. The lowest BCUT2D eigenvalue weighted by Gasteiger charge is -2.19. The number of nitrogen functional groups attached to an aromatic ring is 1. The molecule has 1 aliphatic rings. The van der Waals surface area contributed by atoms with Gasteiger partial charge in [0.05, 0.1) is 11.4 Å². The Morgan fingerprint density at radius 1 is 1.48 bits per heavy atom. The van der Waals surface area contributed by atoms with Gasteiger partial charge in [0, 0.05) is 18.0 Å². The number of benzene rings is 1. The summed E-state index contributed by atoms with van der Waals surface area (Å²) in [6, 6.07) is 5.09. The maximum atomic E-state index is 12.0. The SMILES string of the molecule is CCN(CCCC(=O)Nc1cc(Cl)ccc1N)CC1CC1. The minimum absolute atomic E-state index is 0.00792. The second-order valence-electron chi connectivity index (χ2n) is 5.72. The smallest absolute Gasteiger partial charge is 0.224 e. The molecule has 0 heterocycles. The summed E-state index contributed by atoms with van der Waals surface area (Å²) in [7, 11) is 0. The normalized spacial score (nSPS) is 14.4. The molecule has 21 heavy (non-hydrogen) atoms. The average molecular weight is 310 g/mol. The summed E-state index contributed by atoms with van der Waals surface area (Å²) in [5, 5.41) is 3.40. The summed E-state index contributed by atoms with van der Waals surface area (Å²) in [4.78, 5) is 14.4. The van der Waals surface area contributed by atoms with Crippen molar-refractivity contribution in [2.24, 2.45) is 5.92 Å². The summed E-state index contributed by atoms with van der Waals surface area (Å²) in [5.41, 5.74) is 6.95. The molecule has 1 saturated carbocycles. The lowest BCUT2D eigenvalue weighted by Crippen LogP contribution is -2.27. The highest BCUT2D eigenvalue weighted by atomic mass is 35.5. The number of anilines is 2. The van der Waals surface area contributed by atoms with Crippen molar-refractivity contribution >= 4 is 28.9 Å². The van der Waals surface area contributed by atoms with Crippen LogP contribution in [0, 0.1) is 5.92 Å². The van der Waals surface area contributed by atoms with E-state index < -0.39 is 0 Å². The first-order chi connectivity index (χ1) is 10.1. The van der Waals surface area contributed by atoms with Gasteiger partial charge in [-0.15, -0.1) is 0 Å². The molecule has 1 aromatic carbocycles. The van der Waals surface area contributed by atoms with Gasteiger partial charge < -0.3 is 16.0 Å². The van der Waals surface area contributed by atoms with Crippen molar-refractivity contribution in [1.29, 1.82) is 0 Å². The summed E-state index contributed by atoms with van der Waals surface area (Å²) >= 11 is 5.91. The molecule has 0 aliphatic heterocycles. The van der Waals surface area contributed by atoms with Crippen LogP contribution in [-0.4, -0.2) is 30.4 Å². The third kappa shape index (κ3) is 5.56. The van der Waals surface area contributed by atoms with Crippen molar-refractivity contribution in [3.63, 3.8) is 0 Å². The summed E-state index contributed by atoms with van der Waals surface area (Å²) in [6.45, 7) is 5.39. The van der Waals surface area contributed by atoms with Gasteiger partial charge in [-0.1, -0.05) is 18.5 Å². The number of nitrogens with one attached hydrogen (secondary N) is 1. The molecule has 0 bridgehead atoms. The van der Waals surface area contributed by atoms with Crippen molar-refractivity contribution in [3.05, 3.63) is 23.2 Å². The first-order valence-electron chi connectivity index (χ1n) is 7.65. The van der Waals surface area contributed by atoms with Gasteiger partial charge in [0.25, 0.3) is 0 Å². The van der Waals surface area contributed by atoms with Crippen LogP contribution in [0.3, 0.4) is 0 Å². The summed E-state index contributed by atoms with van der Waals surface area (Å²) < 4.78 is 0. The Hall–Kier alpha value is -1.26. The lowest BCUT2D eigenvalue weighted by atomic mass is 10.2. The van der Waals surface area contributed by atoms with Crippen LogP contribution in [-0.2, 0) is 4.79 Å². The van der Waals surface area contributed by atoms with E-state index in [1.807, 2.05) is 0 Å². The fourth-order valence-electron chi connectivity index (χ4n) is 2.36. The van der Waals surface area contributed by atoms with Crippen LogP contribution in [0.15, 0.2) is 18.2 Å². The second kappa shape index (κ2) is 7.66. The standard InChI is InChI=1S/C16H24ClN3O/c1-2-20(11-12-5-6-12)9-3-4-16(21)19-15-10-13(17)7-8-14(15)18/h7-8,10,12H,2-6,9,11,18H2,1H3,(H,19,21). The highest BCUT2D eigenvalue weighted by Gasteiger charge is 2.23. The number of nitrogens with two attached hydrogens (primary N) is 1. The number of carbonyl (C=O) groups excluding carboxylic acids is 1. The highest BCUT2D eigenvalue weighted by molar-refractivity contribution is 6.31. The van der Waals surface area contributed by atoms with Crippen molar-refractivity contribution in [2.75, 3.05) is 30.7 Å². The summed E-state index contributed by atoms with van der Waals surface area (Å²) in [6.07, 6.45) is 4.11. The Morgan fingerprint density at radius 3 is 2.90 bits per heavy atom.